The Bertz CT molecular complexity index is 870. The van der Waals surface area contributed by atoms with Crippen molar-refractivity contribution < 1.29 is 14.3 Å². The van der Waals surface area contributed by atoms with Crippen molar-refractivity contribution in [1.29, 1.82) is 0 Å². The van der Waals surface area contributed by atoms with E-state index in [0.29, 0.717) is 12.3 Å². The van der Waals surface area contributed by atoms with Gasteiger partial charge in [-0.25, -0.2) is 9.78 Å². The third kappa shape index (κ3) is 5.29. The number of thiazole rings is 1. The van der Waals surface area contributed by atoms with Crippen LogP contribution >= 0.6 is 11.3 Å². The second-order valence-electron chi connectivity index (χ2n) is 5.64. The van der Waals surface area contributed by atoms with Gasteiger partial charge >= 0.3 is 5.97 Å². The van der Waals surface area contributed by atoms with E-state index in [4.69, 9.17) is 9.47 Å². The second-order valence-corrected chi connectivity index (χ2v) is 6.58. The number of rotatable bonds is 7. The largest absolute Gasteiger partial charge is 0.486 e. The minimum Gasteiger partial charge on any atom is -0.486 e. The molecule has 26 heavy (non-hydrogen) atoms. The van der Waals surface area contributed by atoms with Crippen LogP contribution in [0.4, 0.5) is 0 Å². The topological polar surface area (TPSA) is 48.4 Å². The Balaban J connectivity index is 1.46. The van der Waals surface area contributed by atoms with Crippen molar-refractivity contribution in [3.63, 3.8) is 0 Å². The summed E-state index contributed by atoms with van der Waals surface area (Å²) in [6.07, 6.45) is 3.72. The Kier molecular flexibility index (Phi) is 6.17. The Labute approximate surface area is 156 Å². The number of aromatic nitrogens is 1. The predicted octanol–water partition coefficient (Wildman–Crippen LogP) is 4.90. The lowest BCUT2D eigenvalue weighted by Crippen LogP contribution is -2.06. The van der Waals surface area contributed by atoms with Crippen LogP contribution in [0.5, 0.6) is 5.75 Å². The third-order valence-corrected chi connectivity index (χ3v) is 4.39. The lowest BCUT2D eigenvalue weighted by atomic mass is 10.2. The predicted molar refractivity (Wildman–Crippen MR) is 103 cm³/mol. The van der Waals surface area contributed by atoms with Crippen molar-refractivity contribution in [3.05, 3.63) is 87.9 Å². The normalized spacial score (nSPS) is 10.8. The number of hydrogen-bond donors (Lipinski definition) is 0. The van der Waals surface area contributed by atoms with Crippen LogP contribution in [0.2, 0.25) is 0 Å². The van der Waals surface area contributed by atoms with Crippen LogP contribution in [0.25, 0.3) is 6.08 Å². The zero-order valence-corrected chi connectivity index (χ0v) is 15.2. The van der Waals surface area contributed by atoms with E-state index in [0.717, 1.165) is 16.3 Å². The van der Waals surface area contributed by atoms with Gasteiger partial charge in [-0.2, -0.15) is 0 Å². The first-order valence-corrected chi connectivity index (χ1v) is 9.11. The zero-order chi connectivity index (χ0) is 18.2. The number of carbonyl (C=O) groups is 1. The lowest BCUT2D eigenvalue weighted by molar-refractivity contribution is 0.0544. The quantitative estimate of drug-likeness (QED) is 0.559. The van der Waals surface area contributed by atoms with E-state index < -0.39 is 5.97 Å². The standard InChI is InChI=1S/C21H19NO3S/c1-16-9-11-18(12-10-16)25-14-20-22-19(15-26-20)21(23)24-13-5-8-17-6-3-2-4-7-17/h2-12,15H,13-14H2,1H3/b8-5+. The molecule has 0 unspecified atom stereocenters. The van der Waals surface area contributed by atoms with E-state index in [1.807, 2.05) is 67.6 Å². The van der Waals surface area contributed by atoms with Crippen LogP contribution in [0.3, 0.4) is 0 Å². The van der Waals surface area contributed by atoms with Crippen molar-refractivity contribution in [2.45, 2.75) is 13.5 Å². The molecule has 0 atom stereocenters. The summed E-state index contributed by atoms with van der Waals surface area (Å²) in [5.74, 6) is 0.349. The van der Waals surface area contributed by atoms with E-state index in [9.17, 15) is 4.79 Å². The molecule has 0 saturated carbocycles. The van der Waals surface area contributed by atoms with Gasteiger partial charge in [-0.1, -0.05) is 54.1 Å². The Morgan fingerprint density at radius 3 is 2.65 bits per heavy atom. The second kappa shape index (κ2) is 8.97. The average Bonchev–Trinajstić information content (AvgIpc) is 3.15. The maximum atomic E-state index is 12.0. The fourth-order valence-corrected chi connectivity index (χ4v) is 2.87. The van der Waals surface area contributed by atoms with Gasteiger partial charge < -0.3 is 9.47 Å². The van der Waals surface area contributed by atoms with Crippen molar-refractivity contribution in [2.24, 2.45) is 0 Å². The van der Waals surface area contributed by atoms with Gasteiger partial charge in [-0.05, 0) is 30.7 Å². The molecule has 1 aromatic heterocycles. The van der Waals surface area contributed by atoms with Crippen LogP contribution < -0.4 is 4.74 Å². The summed E-state index contributed by atoms with van der Waals surface area (Å²) in [6, 6.07) is 17.7. The highest BCUT2D eigenvalue weighted by molar-refractivity contribution is 7.09. The highest BCUT2D eigenvalue weighted by Gasteiger charge is 2.12. The molecular weight excluding hydrogens is 346 g/mol. The Morgan fingerprint density at radius 2 is 1.88 bits per heavy atom. The van der Waals surface area contributed by atoms with Gasteiger partial charge in [0.15, 0.2) is 5.69 Å². The first kappa shape index (κ1) is 17.9. The van der Waals surface area contributed by atoms with Gasteiger partial charge in [-0.15, -0.1) is 11.3 Å². The molecule has 0 fully saturated rings. The summed E-state index contributed by atoms with van der Waals surface area (Å²) < 4.78 is 10.9. The highest BCUT2D eigenvalue weighted by atomic mass is 32.1. The van der Waals surface area contributed by atoms with Gasteiger partial charge in [0, 0.05) is 5.38 Å². The SMILES string of the molecule is Cc1ccc(OCc2nc(C(=O)OC/C=C/c3ccccc3)cs2)cc1. The van der Waals surface area contributed by atoms with E-state index in [1.54, 1.807) is 11.5 Å². The minimum atomic E-state index is -0.430. The summed E-state index contributed by atoms with van der Waals surface area (Å²) in [6.45, 7) is 2.56. The highest BCUT2D eigenvalue weighted by Crippen LogP contribution is 2.16. The van der Waals surface area contributed by atoms with Gasteiger partial charge in [0.2, 0.25) is 0 Å². The number of benzene rings is 2. The van der Waals surface area contributed by atoms with Crippen molar-refractivity contribution in [1.82, 2.24) is 4.98 Å². The van der Waals surface area contributed by atoms with E-state index in [2.05, 4.69) is 4.98 Å². The number of esters is 1. The van der Waals surface area contributed by atoms with Crippen molar-refractivity contribution >= 4 is 23.4 Å². The Hall–Kier alpha value is -2.92. The molecule has 5 heteroatoms. The molecule has 0 aliphatic heterocycles. The third-order valence-electron chi connectivity index (χ3n) is 3.56. The molecule has 0 spiro atoms. The molecule has 0 radical (unpaired) electrons. The first-order chi connectivity index (χ1) is 12.7. The molecule has 3 rings (SSSR count). The van der Waals surface area contributed by atoms with E-state index in [-0.39, 0.29) is 6.61 Å². The smallest absolute Gasteiger partial charge is 0.358 e. The maximum absolute atomic E-state index is 12.0. The van der Waals surface area contributed by atoms with Gasteiger partial charge in [0.05, 0.1) is 0 Å². The summed E-state index contributed by atoms with van der Waals surface area (Å²) in [4.78, 5) is 16.3. The number of hydrogen-bond acceptors (Lipinski definition) is 5. The number of carbonyl (C=O) groups excluding carboxylic acids is 1. The average molecular weight is 365 g/mol. The summed E-state index contributed by atoms with van der Waals surface area (Å²) in [7, 11) is 0. The van der Waals surface area contributed by atoms with Gasteiger partial charge in [0.25, 0.3) is 0 Å². The summed E-state index contributed by atoms with van der Waals surface area (Å²) in [5.41, 5.74) is 2.55. The van der Waals surface area contributed by atoms with Gasteiger partial charge in [-0.3, -0.25) is 0 Å². The molecule has 4 nitrogen and oxygen atoms in total. The van der Waals surface area contributed by atoms with E-state index >= 15 is 0 Å². The molecule has 0 amide bonds. The zero-order valence-electron chi connectivity index (χ0n) is 14.4. The fourth-order valence-electron chi connectivity index (χ4n) is 2.20. The number of aryl methyl sites for hydroxylation is 1. The molecule has 0 saturated heterocycles. The van der Waals surface area contributed by atoms with Crippen molar-refractivity contribution in [2.75, 3.05) is 6.61 Å². The minimum absolute atomic E-state index is 0.209. The molecule has 0 aliphatic carbocycles. The molecule has 132 valence electrons. The molecule has 2 aromatic carbocycles. The lowest BCUT2D eigenvalue weighted by Gasteiger charge is -2.03. The Morgan fingerprint density at radius 1 is 1.12 bits per heavy atom. The van der Waals surface area contributed by atoms with Crippen LogP contribution in [-0.2, 0) is 11.3 Å². The van der Waals surface area contributed by atoms with Gasteiger partial charge in [0.1, 0.15) is 24.0 Å². The van der Waals surface area contributed by atoms with Crippen LogP contribution in [0, 0.1) is 6.92 Å². The maximum Gasteiger partial charge on any atom is 0.358 e. The van der Waals surface area contributed by atoms with Crippen LogP contribution in [0.1, 0.15) is 26.6 Å². The first-order valence-electron chi connectivity index (χ1n) is 8.23. The molecule has 0 N–H and O–H groups in total. The molecule has 0 bridgehead atoms. The molecular formula is C21H19NO3S. The van der Waals surface area contributed by atoms with Crippen LogP contribution in [-0.4, -0.2) is 17.6 Å². The van der Waals surface area contributed by atoms with Crippen LogP contribution in [0.15, 0.2) is 66.1 Å². The summed E-state index contributed by atoms with van der Waals surface area (Å²) in [5, 5.41) is 2.43. The number of nitrogens with zero attached hydrogens (tertiary/aromatic N) is 1. The van der Waals surface area contributed by atoms with E-state index in [1.165, 1.54) is 16.9 Å². The summed E-state index contributed by atoms with van der Waals surface area (Å²) >= 11 is 1.38. The fraction of sp³-hybridized carbons (Fsp3) is 0.143. The molecule has 3 aromatic rings. The monoisotopic (exact) mass is 365 g/mol. The van der Waals surface area contributed by atoms with Crippen molar-refractivity contribution in [3.8, 4) is 5.75 Å². The number of ether oxygens (including phenoxy) is 2. The molecule has 0 aliphatic rings. The molecule has 1 heterocycles.